The molecule has 1 atom stereocenters. The Bertz CT molecular complexity index is 683. The molecule has 0 aromatic heterocycles. The number of benzene rings is 1. The average Bonchev–Trinajstić information content (AvgIpc) is 2.49. The van der Waals surface area contributed by atoms with E-state index < -0.39 is 10.0 Å². The number of amides is 1. The SMILES string of the molecule is Cc1ccc(C)c(S(=O)(=O)N2CCC[C@H](C(=O)NC(C)C)C2)c1. The number of carbonyl (C=O) groups excluding carboxylic acids is 1. The summed E-state index contributed by atoms with van der Waals surface area (Å²) in [5.74, 6) is -0.327. The van der Waals surface area contributed by atoms with Gasteiger partial charge in [0.25, 0.3) is 0 Å². The maximum Gasteiger partial charge on any atom is 0.243 e. The zero-order chi connectivity index (χ0) is 17.2. The molecule has 1 fully saturated rings. The van der Waals surface area contributed by atoms with Crippen LogP contribution in [0.4, 0.5) is 0 Å². The molecule has 1 aromatic carbocycles. The maximum absolute atomic E-state index is 12.9. The van der Waals surface area contributed by atoms with Gasteiger partial charge in [0.05, 0.1) is 10.8 Å². The molecule has 2 rings (SSSR count). The summed E-state index contributed by atoms with van der Waals surface area (Å²) in [5.41, 5.74) is 1.66. The van der Waals surface area contributed by atoms with Crippen LogP contribution in [0.5, 0.6) is 0 Å². The van der Waals surface area contributed by atoms with Crippen LogP contribution in [0.15, 0.2) is 23.1 Å². The van der Waals surface area contributed by atoms with E-state index in [2.05, 4.69) is 5.32 Å². The van der Waals surface area contributed by atoms with Crippen molar-refractivity contribution in [2.24, 2.45) is 5.92 Å². The molecule has 5 nitrogen and oxygen atoms in total. The zero-order valence-corrected chi connectivity index (χ0v) is 15.1. The van der Waals surface area contributed by atoms with Crippen molar-refractivity contribution in [3.05, 3.63) is 29.3 Å². The average molecular weight is 338 g/mol. The minimum absolute atomic E-state index is 0.0548. The van der Waals surface area contributed by atoms with Crippen LogP contribution in [0.2, 0.25) is 0 Å². The molecule has 1 heterocycles. The second-order valence-corrected chi connectivity index (χ2v) is 8.54. The molecule has 0 bridgehead atoms. The van der Waals surface area contributed by atoms with E-state index in [0.717, 1.165) is 17.5 Å². The highest BCUT2D eigenvalue weighted by atomic mass is 32.2. The topological polar surface area (TPSA) is 66.5 Å². The van der Waals surface area contributed by atoms with E-state index in [1.54, 1.807) is 13.0 Å². The first-order chi connectivity index (χ1) is 10.7. The summed E-state index contributed by atoms with van der Waals surface area (Å²) >= 11 is 0. The Balaban J connectivity index is 2.23. The number of piperidine rings is 1. The molecule has 1 aromatic rings. The number of hydrogen-bond acceptors (Lipinski definition) is 3. The van der Waals surface area contributed by atoms with Crippen molar-refractivity contribution in [2.75, 3.05) is 13.1 Å². The third-order valence-electron chi connectivity index (χ3n) is 4.15. The molecule has 1 saturated heterocycles. The van der Waals surface area contributed by atoms with E-state index in [1.165, 1.54) is 4.31 Å². The van der Waals surface area contributed by atoms with Crippen molar-refractivity contribution in [1.29, 1.82) is 0 Å². The van der Waals surface area contributed by atoms with Gasteiger partial charge >= 0.3 is 0 Å². The highest BCUT2D eigenvalue weighted by Gasteiger charge is 2.34. The smallest absolute Gasteiger partial charge is 0.243 e. The quantitative estimate of drug-likeness (QED) is 0.915. The van der Waals surface area contributed by atoms with E-state index in [0.29, 0.717) is 17.9 Å². The Morgan fingerprint density at radius 1 is 1.30 bits per heavy atom. The molecule has 0 saturated carbocycles. The fourth-order valence-corrected chi connectivity index (χ4v) is 4.73. The van der Waals surface area contributed by atoms with Gasteiger partial charge in [-0.3, -0.25) is 4.79 Å². The molecule has 0 radical (unpaired) electrons. The molecule has 1 amide bonds. The van der Waals surface area contributed by atoms with Crippen molar-refractivity contribution in [2.45, 2.75) is 51.5 Å². The van der Waals surface area contributed by atoms with Gasteiger partial charge in [-0.1, -0.05) is 12.1 Å². The van der Waals surface area contributed by atoms with Gasteiger partial charge in [-0.2, -0.15) is 4.31 Å². The standard InChI is InChI=1S/C17H26N2O3S/c1-12(2)18-17(20)15-6-5-9-19(11-15)23(21,22)16-10-13(3)7-8-14(16)4/h7-8,10,12,15H,5-6,9,11H2,1-4H3,(H,18,20)/t15-/m0/s1. The highest BCUT2D eigenvalue weighted by molar-refractivity contribution is 7.89. The lowest BCUT2D eigenvalue weighted by atomic mass is 9.98. The summed E-state index contributed by atoms with van der Waals surface area (Å²) < 4.78 is 27.4. The largest absolute Gasteiger partial charge is 0.354 e. The Morgan fingerprint density at radius 2 is 2.00 bits per heavy atom. The first-order valence-corrected chi connectivity index (χ1v) is 9.53. The molecule has 1 aliphatic heterocycles. The normalized spacial score (nSPS) is 19.8. The lowest BCUT2D eigenvalue weighted by molar-refractivity contribution is -0.126. The molecule has 128 valence electrons. The van der Waals surface area contributed by atoms with Crippen molar-refractivity contribution in [3.63, 3.8) is 0 Å². The number of nitrogens with one attached hydrogen (secondary N) is 1. The van der Waals surface area contributed by atoms with E-state index in [4.69, 9.17) is 0 Å². The van der Waals surface area contributed by atoms with Crippen LogP contribution < -0.4 is 5.32 Å². The molecular formula is C17H26N2O3S. The van der Waals surface area contributed by atoms with Gasteiger partial charge in [0.15, 0.2) is 0 Å². The van der Waals surface area contributed by atoms with Crippen molar-refractivity contribution >= 4 is 15.9 Å². The third-order valence-corrected chi connectivity index (χ3v) is 6.15. The fraction of sp³-hybridized carbons (Fsp3) is 0.588. The number of aryl methyl sites for hydroxylation is 2. The number of hydrogen-bond donors (Lipinski definition) is 1. The summed E-state index contributed by atoms with van der Waals surface area (Å²) in [7, 11) is -3.56. The Hall–Kier alpha value is -1.40. The molecule has 1 N–H and O–H groups in total. The van der Waals surface area contributed by atoms with Crippen LogP contribution in [0, 0.1) is 19.8 Å². The van der Waals surface area contributed by atoms with Gasteiger partial charge in [0.1, 0.15) is 0 Å². The molecule has 6 heteroatoms. The maximum atomic E-state index is 12.9. The number of carbonyl (C=O) groups is 1. The van der Waals surface area contributed by atoms with Crippen LogP contribution in [0.25, 0.3) is 0 Å². The lowest BCUT2D eigenvalue weighted by Crippen LogP contribution is -2.46. The van der Waals surface area contributed by atoms with Gasteiger partial charge in [0.2, 0.25) is 15.9 Å². The minimum Gasteiger partial charge on any atom is -0.354 e. The first kappa shape index (κ1) is 17.9. The molecular weight excluding hydrogens is 312 g/mol. The predicted octanol–water partition coefficient (Wildman–Crippen LogP) is 2.23. The van der Waals surface area contributed by atoms with Gasteiger partial charge in [-0.15, -0.1) is 0 Å². The van der Waals surface area contributed by atoms with Gasteiger partial charge in [-0.25, -0.2) is 8.42 Å². The fourth-order valence-electron chi connectivity index (χ4n) is 2.90. The number of nitrogens with zero attached hydrogens (tertiary/aromatic N) is 1. The van der Waals surface area contributed by atoms with Crippen molar-refractivity contribution in [1.82, 2.24) is 9.62 Å². The highest BCUT2D eigenvalue weighted by Crippen LogP contribution is 2.26. The second kappa shape index (κ2) is 7.01. The lowest BCUT2D eigenvalue weighted by Gasteiger charge is -2.32. The summed E-state index contributed by atoms with van der Waals surface area (Å²) in [6.07, 6.45) is 1.44. The van der Waals surface area contributed by atoms with Crippen molar-refractivity contribution < 1.29 is 13.2 Å². The van der Waals surface area contributed by atoms with Crippen molar-refractivity contribution in [3.8, 4) is 0 Å². The molecule has 0 unspecified atom stereocenters. The van der Waals surface area contributed by atoms with Crippen LogP contribution in [-0.2, 0) is 14.8 Å². The summed E-state index contributed by atoms with van der Waals surface area (Å²) in [6, 6.07) is 5.51. The first-order valence-electron chi connectivity index (χ1n) is 8.09. The molecule has 0 spiro atoms. The van der Waals surface area contributed by atoms with Gasteiger partial charge < -0.3 is 5.32 Å². The Labute approximate surface area is 139 Å². The van der Waals surface area contributed by atoms with Crippen LogP contribution in [-0.4, -0.2) is 37.8 Å². The molecule has 1 aliphatic rings. The van der Waals surface area contributed by atoms with Gasteiger partial charge in [0, 0.05) is 19.1 Å². The monoisotopic (exact) mass is 338 g/mol. The minimum atomic E-state index is -3.56. The van der Waals surface area contributed by atoms with E-state index in [1.807, 2.05) is 32.9 Å². The predicted molar refractivity (Wildman–Crippen MR) is 90.7 cm³/mol. The van der Waals surface area contributed by atoms with Crippen LogP contribution in [0.1, 0.15) is 37.8 Å². The summed E-state index contributed by atoms with van der Waals surface area (Å²) in [4.78, 5) is 12.6. The number of rotatable bonds is 4. The third kappa shape index (κ3) is 4.12. The second-order valence-electron chi connectivity index (χ2n) is 6.63. The summed E-state index contributed by atoms with van der Waals surface area (Å²) in [6.45, 7) is 8.24. The van der Waals surface area contributed by atoms with E-state index >= 15 is 0 Å². The Morgan fingerprint density at radius 3 is 2.65 bits per heavy atom. The molecule has 0 aliphatic carbocycles. The van der Waals surface area contributed by atoms with Crippen LogP contribution >= 0.6 is 0 Å². The van der Waals surface area contributed by atoms with Gasteiger partial charge in [-0.05, 0) is 57.7 Å². The van der Waals surface area contributed by atoms with Crippen LogP contribution in [0.3, 0.4) is 0 Å². The number of sulfonamides is 1. The zero-order valence-electron chi connectivity index (χ0n) is 14.3. The van der Waals surface area contributed by atoms with E-state index in [-0.39, 0.29) is 24.4 Å². The Kier molecular flexibility index (Phi) is 5.47. The summed E-state index contributed by atoms with van der Waals surface area (Å²) in [5, 5.41) is 2.88. The van der Waals surface area contributed by atoms with E-state index in [9.17, 15) is 13.2 Å². The molecule has 23 heavy (non-hydrogen) atoms.